The van der Waals surface area contributed by atoms with Gasteiger partial charge < -0.3 is 9.47 Å². The monoisotopic (exact) mass is 372 g/mol. The van der Waals surface area contributed by atoms with Crippen molar-refractivity contribution in [3.63, 3.8) is 0 Å². The number of aromatic nitrogens is 5. The molecule has 1 saturated heterocycles. The lowest BCUT2D eigenvalue weighted by molar-refractivity contribution is 0.0722. The van der Waals surface area contributed by atoms with Gasteiger partial charge in [-0.2, -0.15) is 0 Å². The first-order valence-electron chi connectivity index (χ1n) is 9.42. The van der Waals surface area contributed by atoms with Crippen LogP contribution >= 0.6 is 0 Å². The number of likely N-dealkylation sites (tertiary alicyclic amines) is 1. The molecular weight excluding hydrogens is 352 g/mol. The Hall–Kier alpha value is -3.48. The third-order valence-corrected chi connectivity index (χ3v) is 5.37. The number of hydrogen-bond acceptors (Lipinski definition) is 4. The highest BCUT2D eigenvalue weighted by Crippen LogP contribution is 2.33. The SMILES string of the molecule is Cn1c([C@@H]2CCCN2C(=O)c2cn(-c3ccccc3)nn2)nc2ccccc21. The lowest BCUT2D eigenvalue weighted by Gasteiger charge is -2.23. The third kappa shape index (κ3) is 2.67. The number of nitrogens with zero attached hydrogens (tertiary/aromatic N) is 6. The molecular formula is C21H20N6O. The van der Waals surface area contributed by atoms with Crippen LogP contribution in [0, 0.1) is 0 Å². The van der Waals surface area contributed by atoms with E-state index >= 15 is 0 Å². The second kappa shape index (κ2) is 6.60. The van der Waals surface area contributed by atoms with Crippen LogP contribution in [0.2, 0.25) is 0 Å². The van der Waals surface area contributed by atoms with E-state index in [1.54, 1.807) is 10.9 Å². The Labute approximate surface area is 162 Å². The Morgan fingerprint density at radius 2 is 1.86 bits per heavy atom. The number of rotatable bonds is 3. The van der Waals surface area contributed by atoms with E-state index in [0.717, 1.165) is 35.4 Å². The molecule has 2 aromatic heterocycles. The van der Waals surface area contributed by atoms with Crippen LogP contribution in [0.25, 0.3) is 16.7 Å². The molecule has 0 radical (unpaired) electrons. The average Bonchev–Trinajstić information content (AvgIpc) is 3.47. The summed E-state index contributed by atoms with van der Waals surface area (Å²) in [6.45, 7) is 0.699. The summed E-state index contributed by atoms with van der Waals surface area (Å²) in [6, 6.07) is 17.7. The second-order valence-electron chi connectivity index (χ2n) is 7.06. The van der Waals surface area contributed by atoms with Gasteiger partial charge >= 0.3 is 0 Å². The minimum Gasteiger partial charge on any atom is -0.329 e. The molecule has 3 heterocycles. The van der Waals surface area contributed by atoms with Crippen LogP contribution in [0.15, 0.2) is 60.8 Å². The third-order valence-electron chi connectivity index (χ3n) is 5.37. The van der Waals surface area contributed by atoms with Crippen molar-refractivity contribution in [1.29, 1.82) is 0 Å². The van der Waals surface area contributed by atoms with Gasteiger partial charge in [-0.05, 0) is 37.1 Å². The van der Waals surface area contributed by atoms with Crippen molar-refractivity contribution >= 4 is 16.9 Å². The van der Waals surface area contributed by atoms with E-state index in [1.807, 2.05) is 60.5 Å². The number of imidazole rings is 1. The molecule has 0 bridgehead atoms. The number of carbonyl (C=O) groups is 1. The van der Waals surface area contributed by atoms with E-state index in [1.165, 1.54) is 0 Å². The van der Waals surface area contributed by atoms with Gasteiger partial charge in [-0.1, -0.05) is 35.5 Å². The fourth-order valence-electron chi connectivity index (χ4n) is 3.96. The van der Waals surface area contributed by atoms with Crippen molar-refractivity contribution in [1.82, 2.24) is 29.4 Å². The maximum absolute atomic E-state index is 13.2. The molecule has 5 rings (SSSR count). The maximum atomic E-state index is 13.2. The predicted octanol–water partition coefficient (Wildman–Crippen LogP) is 3.13. The Balaban J connectivity index is 1.46. The van der Waals surface area contributed by atoms with E-state index < -0.39 is 0 Å². The molecule has 1 atom stereocenters. The summed E-state index contributed by atoms with van der Waals surface area (Å²) >= 11 is 0. The molecule has 7 nitrogen and oxygen atoms in total. The van der Waals surface area contributed by atoms with Gasteiger partial charge in [-0.3, -0.25) is 4.79 Å². The molecule has 0 N–H and O–H groups in total. The minimum atomic E-state index is -0.100. The molecule has 140 valence electrons. The Morgan fingerprint density at radius 3 is 2.68 bits per heavy atom. The van der Waals surface area contributed by atoms with Gasteiger partial charge in [-0.15, -0.1) is 5.10 Å². The van der Waals surface area contributed by atoms with Crippen LogP contribution in [-0.4, -0.2) is 41.9 Å². The summed E-state index contributed by atoms with van der Waals surface area (Å²) in [7, 11) is 2.01. The predicted molar refractivity (Wildman–Crippen MR) is 105 cm³/mol. The molecule has 28 heavy (non-hydrogen) atoms. The topological polar surface area (TPSA) is 68.8 Å². The molecule has 1 aliphatic rings. The number of fused-ring (bicyclic) bond motifs is 1. The van der Waals surface area contributed by atoms with E-state index in [4.69, 9.17) is 4.98 Å². The maximum Gasteiger partial charge on any atom is 0.276 e. The average molecular weight is 372 g/mol. The van der Waals surface area contributed by atoms with Crippen LogP contribution in [0.5, 0.6) is 0 Å². The Bertz CT molecular complexity index is 1150. The molecule has 2 aromatic carbocycles. The quantitative estimate of drug-likeness (QED) is 0.554. The highest BCUT2D eigenvalue weighted by atomic mass is 16.2. The molecule has 0 aliphatic carbocycles. The van der Waals surface area contributed by atoms with E-state index in [-0.39, 0.29) is 11.9 Å². The first kappa shape index (κ1) is 16.7. The fourth-order valence-corrected chi connectivity index (χ4v) is 3.96. The van der Waals surface area contributed by atoms with Gasteiger partial charge in [0.1, 0.15) is 5.82 Å². The summed E-state index contributed by atoms with van der Waals surface area (Å²) in [5, 5.41) is 8.25. The first-order chi connectivity index (χ1) is 13.7. The number of carbonyl (C=O) groups excluding carboxylic acids is 1. The highest BCUT2D eigenvalue weighted by molar-refractivity contribution is 5.92. The zero-order chi connectivity index (χ0) is 19.1. The molecule has 1 fully saturated rings. The first-order valence-corrected chi connectivity index (χ1v) is 9.42. The Kier molecular flexibility index (Phi) is 3.93. The lowest BCUT2D eigenvalue weighted by atomic mass is 10.2. The van der Waals surface area contributed by atoms with Crippen molar-refractivity contribution in [2.75, 3.05) is 6.54 Å². The number of amides is 1. The van der Waals surface area contributed by atoms with Gasteiger partial charge in [0.05, 0.1) is 29.0 Å². The van der Waals surface area contributed by atoms with Crippen LogP contribution < -0.4 is 0 Å². The molecule has 1 amide bonds. The zero-order valence-corrected chi connectivity index (χ0v) is 15.6. The molecule has 0 saturated carbocycles. The summed E-state index contributed by atoms with van der Waals surface area (Å²) in [5.41, 5.74) is 3.26. The second-order valence-corrected chi connectivity index (χ2v) is 7.06. The normalized spacial score (nSPS) is 16.8. The van der Waals surface area contributed by atoms with Gasteiger partial charge in [0.25, 0.3) is 5.91 Å². The van der Waals surface area contributed by atoms with Crippen molar-refractivity contribution in [2.24, 2.45) is 7.05 Å². The largest absolute Gasteiger partial charge is 0.329 e. The standard InChI is InChI=1S/C21H20N6O/c1-25-18-11-6-5-10-16(18)22-20(25)19-12-7-13-26(19)21(28)17-14-27(24-23-17)15-8-3-2-4-9-15/h2-6,8-11,14,19H,7,12-13H2,1H3/t19-/m0/s1. The minimum absolute atomic E-state index is 0.0493. The summed E-state index contributed by atoms with van der Waals surface area (Å²) in [5.74, 6) is 0.819. The van der Waals surface area contributed by atoms with Gasteiger partial charge in [0.15, 0.2) is 5.69 Å². The smallest absolute Gasteiger partial charge is 0.276 e. The van der Waals surface area contributed by atoms with E-state index in [9.17, 15) is 4.79 Å². The number of benzene rings is 2. The van der Waals surface area contributed by atoms with Gasteiger partial charge in [0, 0.05) is 13.6 Å². The molecule has 0 unspecified atom stereocenters. The van der Waals surface area contributed by atoms with Crippen molar-refractivity contribution in [3.05, 3.63) is 72.3 Å². The summed E-state index contributed by atoms with van der Waals surface area (Å²) in [4.78, 5) is 19.9. The van der Waals surface area contributed by atoms with Gasteiger partial charge in [-0.25, -0.2) is 9.67 Å². The number of aryl methyl sites for hydroxylation is 1. The van der Waals surface area contributed by atoms with Gasteiger partial charge in [0.2, 0.25) is 0 Å². The number of para-hydroxylation sites is 3. The highest BCUT2D eigenvalue weighted by Gasteiger charge is 2.34. The van der Waals surface area contributed by atoms with Crippen LogP contribution in [0.3, 0.4) is 0 Å². The van der Waals surface area contributed by atoms with Crippen LogP contribution in [0.4, 0.5) is 0 Å². The molecule has 7 heteroatoms. The van der Waals surface area contributed by atoms with Crippen molar-refractivity contribution in [2.45, 2.75) is 18.9 Å². The van der Waals surface area contributed by atoms with Crippen LogP contribution in [0.1, 0.15) is 35.2 Å². The summed E-state index contributed by atoms with van der Waals surface area (Å²) < 4.78 is 3.72. The molecule has 0 spiro atoms. The van der Waals surface area contributed by atoms with E-state index in [0.29, 0.717) is 12.2 Å². The lowest BCUT2D eigenvalue weighted by Crippen LogP contribution is -2.32. The summed E-state index contributed by atoms with van der Waals surface area (Å²) in [6.07, 6.45) is 3.55. The van der Waals surface area contributed by atoms with E-state index in [2.05, 4.69) is 20.9 Å². The Morgan fingerprint density at radius 1 is 1.07 bits per heavy atom. The van der Waals surface area contributed by atoms with Crippen LogP contribution in [-0.2, 0) is 7.05 Å². The number of hydrogen-bond donors (Lipinski definition) is 0. The molecule has 1 aliphatic heterocycles. The zero-order valence-electron chi connectivity index (χ0n) is 15.6. The van der Waals surface area contributed by atoms with Crippen molar-refractivity contribution in [3.8, 4) is 5.69 Å². The van der Waals surface area contributed by atoms with Crippen molar-refractivity contribution < 1.29 is 4.79 Å². The molecule has 4 aromatic rings. The fraction of sp³-hybridized carbons (Fsp3) is 0.238.